The van der Waals surface area contributed by atoms with Gasteiger partial charge in [-0.15, -0.1) is 0 Å². The first kappa shape index (κ1) is 15.2. The molecule has 2 rings (SSSR count). The summed E-state index contributed by atoms with van der Waals surface area (Å²) >= 11 is 0. The van der Waals surface area contributed by atoms with Gasteiger partial charge in [-0.1, -0.05) is 20.8 Å². The summed E-state index contributed by atoms with van der Waals surface area (Å²) in [4.78, 5) is 16.9. The lowest BCUT2D eigenvalue weighted by atomic mass is 9.93. The van der Waals surface area contributed by atoms with Crippen LogP contribution in [0.15, 0.2) is 18.7 Å². The molecule has 0 aliphatic heterocycles. The van der Waals surface area contributed by atoms with Gasteiger partial charge in [0.2, 0.25) is 11.9 Å². The van der Waals surface area contributed by atoms with E-state index in [4.69, 9.17) is 4.74 Å². The molecule has 0 spiro atoms. The van der Waals surface area contributed by atoms with Crippen molar-refractivity contribution >= 4 is 5.95 Å². The maximum atomic E-state index is 5.67. The molecule has 0 unspecified atom stereocenters. The standard InChI is InChI=1S/C14H22N6O/c1-5-16-11-17-12(20-8-7-15-10-20)19-13(18-11)21-9-6-14(2,3)4/h7-8,10H,5-6,9H2,1-4H3,(H,16,17,18,19). The van der Waals surface area contributed by atoms with Crippen LogP contribution in [0, 0.1) is 5.41 Å². The number of anilines is 1. The van der Waals surface area contributed by atoms with Gasteiger partial charge < -0.3 is 10.1 Å². The Kier molecular flexibility index (Phi) is 4.72. The summed E-state index contributed by atoms with van der Waals surface area (Å²) in [6.07, 6.45) is 6.03. The van der Waals surface area contributed by atoms with Crippen LogP contribution in [-0.2, 0) is 0 Å². The van der Waals surface area contributed by atoms with Gasteiger partial charge in [0.05, 0.1) is 6.61 Å². The molecule has 2 aromatic rings. The van der Waals surface area contributed by atoms with Gasteiger partial charge in [-0.2, -0.15) is 15.0 Å². The normalized spacial score (nSPS) is 11.4. The van der Waals surface area contributed by atoms with Crippen LogP contribution in [0.3, 0.4) is 0 Å². The Balaban J connectivity index is 2.16. The highest BCUT2D eigenvalue weighted by Gasteiger charge is 2.12. The average molecular weight is 290 g/mol. The van der Waals surface area contributed by atoms with E-state index in [-0.39, 0.29) is 5.41 Å². The number of hydrogen-bond donors (Lipinski definition) is 1. The Labute approximate surface area is 124 Å². The van der Waals surface area contributed by atoms with E-state index in [9.17, 15) is 0 Å². The second-order valence-corrected chi connectivity index (χ2v) is 5.90. The molecule has 0 saturated carbocycles. The monoisotopic (exact) mass is 290 g/mol. The van der Waals surface area contributed by atoms with E-state index in [0.717, 1.165) is 13.0 Å². The first-order chi connectivity index (χ1) is 9.98. The molecule has 0 bridgehead atoms. The van der Waals surface area contributed by atoms with Gasteiger partial charge in [-0.25, -0.2) is 4.98 Å². The lowest BCUT2D eigenvalue weighted by Crippen LogP contribution is -2.14. The van der Waals surface area contributed by atoms with Gasteiger partial charge in [-0.05, 0) is 18.8 Å². The molecule has 0 fully saturated rings. The lowest BCUT2D eigenvalue weighted by molar-refractivity contribution is 0.228. The number of nitrogens with one attached hydrogen (secondary N) is 1. The van der Waals surface area contributed by atoms with Crippen molar-refractivity contribution in [2.45, 2.75) is 34.1 Å². The topological polar surface area (TPSA) is 77.8 Å². The van der Waals surface area contributed by atoms with Crippen molar-refractivity contribution in [1.29, 1.82) is 0 Å². The van der Waals surface area contributed by atoms with Gasteiger partial charge >= 0.3 is 6.01 Å². The minimum atomic E-state index is 0.213. The second kappa shape index (κ2) is 6.51. The van der Waals surface area contributed by atoms with E-state index < -0.39 is 0 Å². The van der Waals surface area contributed by atoms with Crippen LogP contribution in [0.1, 0.15) is 34.1 Å². The first-order valence-electron chi connectivity index (χ1n) is 7.09. The second-order valence-electron chi connectivity index (χ2n) is 5.90. The molecule has 7 heteroatoms. The van der Waals surface area contributed by atoms with Crippen LogP contribution >= 0.6 is 0 Å². The third kappa shape index (κ3) is 4.70. The van der Waals surface area contributed by atoms with Crippen LogP contribution in [0.4, 0.5) is 5.95 Å². The Hall–Kier alpha value is -2.18. The van der Waals surface area contributed by atoms with Crippen molar-refractivity contribution in [3.05, 3.63) is 18.7 Å². The fourth-order valence-corrected chi connectivity index (χ4v) is 1.59. The number of ether oxygens (including phenoxy) is 1. The van der Waals surface area contributed by atoms with Crippen molar-refractivity contribution in [3.8, 4) is 12.0 Å². The first-order valence-corrected chi connectivity index (χ1v) is 7.09. The molecule has 1 N–H and O–H groups in total. The molecular formula is C14H22N6O. The van der Waals surface area contributed by atoms with Gasteiger partial charge in [0.15, 0.2) is 0 Å². The summed E-state index contributed by atoms with van der Waals surface area (Å²) in [6.45, 7) is 9.80. The van der Waals surface area contributed by atoms with Crippen molar-refractivity contribution in [2.75, 3.05) is 18.5 Å². The molecule has 2 heterocycles. The van der Waals surface area contributed by atoms with E-state index in [1.54, 1.807) is 23.3 Å². The maximum absolute atomic E-state index is 5.67. The SMILES string of the molecule is CCNc1nc(OCCC(C)(C)C)nc(-n2ccnc2)n1. The zero-order chi connectivity index (χ0) is 15.3. The lowest BCUT2D eigenvalue weighted by Gasteiger charge is -2.17. The smallest absolute Gasteiger partial charge is 0.323 e. The van der Waals surface area contributed by atoms with Crippen molar-refractivity contribution in [1.82, 2.24) is 24.5 Å². The summed E-state index contributed by atoms with van der Waals surface area (Å²) < 4.78 is 7.39. The van der Waals surface area contributed by atoms with Crippen LogP contribution in [0.2, 0.25) is 0 Å². The molecule has 0 saturated heterocycles. The Morgan fingerprint density at radius 2 is 2.05 bits per heavy atom. The van der Waals surface area contributed by atoms with E-state index in [1.165, 1.54) is 0 Å². The molecule has 7 nitrogen and oxygen atoms in total. The Morgan fingerprint density at radius 1 is 1.24 bits per heavy atom. The summed E-state index contributed by atoms with van der Waals surface area (Å²) in [6, 6.07) is 0.328. The highest BCUT2D eigenvalue weighted by molar-refractivity contribution is 5.30. The fraction of sp³-hybridized carbons (Fsp3) is 0.571. The zero-order valence-corrected chi connectivity index (χ0v) is 13.0. The highest BCUT2D eigenvalue weighted by atomic mass is 16.5. The number of rotatable bonds is 6. The number of aromatic nitrogens is 5. The highest BCUT2D eigenvalue weighted by Crippen LogP contribution is 2.19. The Bertz CT molecular complexity index is 561. The molecular weight excluding hydrogens is 268 g/mol. The molecule has 114 valence electrons. The fourth-order valence-electron chi connectivity index (χ4n) is 1.59. The van der Waals surface area contributed by atoms with Crippen LogP contribution < -0.4 is 10.1 Å². The van der Waals surface area contributed by atoms with Crippen LogP contribution in [0.5, 0.6) is 6.01 Å². The minimum absolute atomic E-state index is 0.213. The number of nitrogens with zero attached hydrogens (tertiary/aromatic N) is 5. The molecule has 2 aromatic heterocycles. The van der Waals surface area contributed by atoms with E-state index >= 15 is 0 Å². The number of hydrogen-bond acceptors (Lipinski definition) is 6. The van der Waals surface area contributed by atoms with Gasteiger partial charge in [0, 0.05) is 18.9 Å². The zero-order valence-electron chi connectivity index (χ0n) is 13.0. The molecule has 0 radical (unpaired) electrons. The molecule has 0 amide bonds. The van der Waals surface area contributed by atoms with E-state index in [2.05, 4.69) is 46.0 Å². The molecule has 21 heavy (non-hydrogen) atoms. The minimum Gasteiger partial charge on any atom is -0.463 e. The number of imidazole rings is 1. The van der Waals surface area contributed by atoms with E-state index in [1.807, 2.05) is 6.92 Å². The van der Waals surface area contributed by atoms with Gasteiger partial charge in [-0.3, -0.25) is 4.57 Å². The summed E-state index contributed by atoms with van der Waals surface area (Å²) in [5, 5.41) is 3.08. The van der Waals surface area contributed by atoms with Crippen LogP contribution in [-0.4, -0.2) is 37.7 Å². The predicted octanol–water partition coefficient (Wildman–Crippen LogP) is 2.30. The summed E-state index contributed by atoms with van der Waals surface area (Å²) in [5.41, 5.74) is 0.213. The predicted molar refractivity (Wildman–Crippen MR) is 80.7 cm³/mol. The average Bonchev–Trinajstić information content (AvgIpc) is 2.91. The van der Waals surface area contributed by atoms with E-state index in [0.29, 0.717) is 24.5 Å². The Morgan fingerprint density at radius 3 is 2.67 bits per heavy atom. The van der Waals surface area contributed by atoms with Crippen molar-refractivity contribution in [3.63, 3.8) is 0 Å². The largest absolute Gasteiger partial charge is 0.463 e. The molecule has 0 aliphatic rings. The third-order valence-electron chi connectivity index (χ3n) is 2.76. The summed E-state index contributed by atoms with van der Waals surface area (Å²) in [5.74, 6) is 0.992. The van der Waals surface area contributed by atoms with Crippen molar-refractivity contribution in [2.24, 2.45) is 5.41 Å². The van der Waals surface area contributed by atoms with Crippen molar-refractivity contribution < 1.29 is 4.74 Å². The summed E-state index contributed by atoms with van der Waals surface area (Å²) in [7, 11) is 0. The van der Waals surface area contributed by atoms with Gasteiger partial charge in [0.1, 0.15) is 6.33 Å². The van der Waals surface area contributed by atoms with Crippen LogP contribution in [0.25, 0.3) is 5.95 Å². The quantitative estimate of drug-likeness (QED) is 0.879. The molecule has 0 atom stereocenters. The van der Waals surface area contributed by atoms with Gasteiger partial charge in [0.25, 0.3) is 0 Å². The molecule has 0 aliphatic carbocycles. The third-order valence-corrected chi connectivity index (χ3v) is 2.76. The molecule has 0 aromatic carbocycles. The maximum Gasteiger partial charge on any atom is 0.323 e.